The maximum absolute atomic E-state index is 5.86. The normalized spacial score (nSPS) is 18.1. The number of nitrogens with zero attached hydrogens (tertiary/aromatic N) is 3. The Morgan fingerprint density at radius 3 is 2.88 bits per heavy atom. The van der Waals surface area contributed by atoms with E-state index in [2.05, 4.69) is 43.3 Å². The highest BCUT2D eigenvalue weighted by Gasteiger charge is 2.19. The topological polar surface area (TPSA) is 76.3 Å². The quantitative estimate of drug-likeness (QED) is 0.641. The second kappa shape index (κ2) is 5.61. The molecule has 2 heterocycles. The summed E-state index contributed by atoms with van der Waals surface area (Å²) in [4.78, 5) is 10.4. The van der Waals surface area contributed by atoms with Crippen molar-refractivity contribution in [2.45, 2.75) is 18.9 Å². The number of ether oxygens (including phenoxy) is 1. The molecule has 3 N–H and O–H groups in total. The average Bonchev–Trinajstić information content (AvgIpc) is 2.35. The summed E-state index contributed by atoms with van der Waals surface area (Å²) >= 11 is 3.37. The third-order valence-corrected chi connectivity index (χ3v) is 3.33. The molecule has 0 bridgehead atoms. The fourth-order valence-corrected chi connectivity index (χ4v) is 2.05. The summed E-state index contributed by atoms with van der Waals surface area (Å²) in [6, 6.07) is 0. The van der Waals surface area contributed by atoms with Crippen LogP contribution in [0.25, 0.3) is 0 Å². The number of nitrogens with one attached hydrogen (secondary N) is 1. The van der Waals surface area contributed by atoms with Gasteiger partial charge in [-0.1, -0.05) is 0 Å². The zero-order chi connectivity index (χ0) is 12.3. The number of halogens is 1. The van der Waals surface area contributed by atoms with E-state index in [9.17, 15) is 0 Å². The van der Waals surface area contributed by atoms with Gasteiger partial charge in [0.2, 0.25) is 11.8 Å². The Labute approximate surface area is 109 Å². The van der Waals surface area contributed by atoms with Crippen LogP contribution in [0.3, 0.4) is 0 Å². The number of piperidine rings is 1. The first-order valence-corrected chi connectivity index (χ1v) is 6.32. The van der Waals surface area contributed by atoms with E-state index in [-0.39, 0.29) is 6.10 Å². The number of nitrogens with two attached hydrogens (primary N) is 1. The lowest BCUT2D eigenvalue weighted by atomic mass is 10.1. The lowest BCUT2D eigenvalue weighted by Crippen LogP contribution is -2.35. The maximum atomic E-state index is 5.86. The molecule has 6 nitrogen and oxygen atoms in total. The SMILES string of the molecule is CN1CCC(Oc2nc(NN)ncc2Br)CC1. The molecule has 1 aliphatic heterocycles. The summed E-state index contributed by atoms with van der Waals surface area (Å²) in [5.41, 5.74) is 2.41. The van der Waals surface area contributed by atoms with Crippen LogP contribution >= 0.6 is 15.9 Å². The van der Waals surface area contributed by atoms with Crippen molar-refractivity contribution in [1.29, 1.82) is 0 Å². The zero-order valence-corrected chi connectivity index (χ0v) is 11.3. The third kappa shape index (κ3) is 3.27. The number of aromatic nitrogens is 2. The van der Waals surface area contributed by atoms with Crippen LogP contribution in [-0.4, -0.2) is 41.1 Å². The summed E-state index contributed by atoms with van der Waals surface area (Å²) in [5.74, 6) is 6.17. The molecule has 1 aromatic rings. The van der Waals surface area contributed by atoms with Crippen molar-refractivity contribution in [3.05, 3.63) is 10.7 Å². The minimum absolute atomic E-state index is 0.211. The molecule has 17 heavy (non-hydrogen) atoms. The van der Waals surface area contributed by atoms with Crippen LogP contribution in [0.4, 0.5) is 5.95 Å². The number of rotatable bonds is 3. The number of likely N-dealkylation sites (tertiary alicyclic amines) is 1. The predicted molar refractivity (Wildman–Crippen MR) is 68.7 cm³/mol. The van der Waals surface area contributed by atoms with E-state index >= 15 is 0 Å². The molecule has 7 heteroatoms. The largest absolute Gasteiger partial charge is 0.473 e. The molecular formula is C10H16BrN5O. The van der Waals surface area contributed by atoms with Crippen LogP contribution in [-0.2, 0) is 0 Å². The van der Waals surface area contributed by atoms with Gasteiger partial charge >= 0.3 is 0 Å². The number of hydrogen-bond donors (Lipinski definition) is 2. The van der Waals surface area contributed by atoms with Crippen molar-refractivity contribution in [3.8, 4) is 5.88 Å². The summed E-state index contributed by atoms with van der Waals surface area (Å²) < 4.78 is 6.60. The van der Waals surface area contributed by atoms with Gasteiger partial charge in [0, 0.05) is 13.1 Å². The van der Waals surface area contributed by atoms with E-state index in [1.165, 1.54) is 0 Å². The highest BCUT2D eigenvalue weighted by atomic mass is 79.9. The third-order valence-electron chi connectivity index (χ3n) is 2.78. The van der Waals surface area contributed by atoms with E-state index in [1.54, 1.807) is 6.20 Å². The molecule has 1 fully saturated rings. The summed E-state index contributed by atoms with van der Waals surface area (Å²) in [7, 11) is 2.12. The summed E-state index contributed by atoms with van der Waals surface area (Å²) in [6.45, 7) is 2.10. The van der Waals surface area contributed by atoms with Gasteiger partial charge in [0.15, 0.2) is 0 Å². The molecule has 1 aromatic heterocycles. The molecule has 0 atom stereocenters. The fourth-order valence-electron chi connectivity index (χ4n) is 1.76. The van der Waals surface area contributed by atoms with Gasteiger partial charge in [-0.05, 0) is 35.8 Å². The molecule has 0 amide bonds. The van der Waals surface area contributed by atoms with Crippen LogP contribution in [0.15, 0.2) is 10.7 Å². The minimum atomic E-state index is 0.211. The van der Waals surface area contributed by atoms with Gasteiger partial charge in [0.25, 0.3) is 0 Å². The van der Waals surface area contributed by atoms with Gasteiger partial charge in [-0.2, -0.15) is 4.98 Å². The average molecular weight is 302 g/mol. The molecule has 2 rings (SSSR count). The van der Waals surface area contributed by atoms with Crippen LogP contribution in [0.2, 0.25) is 0 Å². The van der Waals surface area contributed by atoms with E-state index in [4.69, 9.17) is 10.6 Å². The van der Waals surface area contributed by atoms with E-state index in [0.717, 1.165) is 30.4 Å². The first-order chi connectivity index (χ1) is 8.19. The monoisotopic (exact) mass is 301 g/mol. The number of nitrogen functional groups attached to an aromatic ring is 1. The van der Waals surface area contributed by atoms with Gasteiger partial charge in [-0.25, -0.2) is 10.8 Å². The lowest BCUT2D eigenvalue weighted by molar-refractivity contribution is 0.109. The number of hydrogen-bond acceptors (Lipinski definition) is 6. The van der Waals surface area contributed by atoms with E-state index < -0.39 is 0 Å². The van der Waals surface area contributed by atoms with Crippen LogP contribution in [0.5, 0.6) is 5.88 Å². The zero-order valence-electron chi connectivity index (χ0n) is 9.69. The Morgan fingerprint density at radius 2 is 2.24 bits per heavy atom. The Balaban J connectivity index is 2.02. The van der Waals surface area contributed by atoms with E-state index in [0.29, 0.717) is 11.8 Å². The minimum Gasteiger partial charge on any atom is -0.473 e. The lowest BCUT2D eigenvalue weighted by Gasteiger charge is -2.29. The molecule has 94 valence electrons. The van der Waals surface area contributed by atoms with Crippen molar-refractivity contribution < 1.29 is 4.74 Å². The molecule has 0 saturated carbocycles. The van der Waals surface area contributed by atoms with Gasteiger partial charge in [0.1, 0.15) is 6.10 Å². The van der Waals surface area contributed by atoms with Gasteiger partial charge < -0.3 is 9.64 Å². The predicted octanol–water partition coefficient (Wildman–Crippen LogP) is 0.998. The number of hydrazine groups is 1. The molecule has 1 aliphatic rings. The first-order valence-electron chi connectivity index (χ1n) is 5.53. The second-order valence-electron chi connectivity index (χ2n) is 4.11. The van der Waals surface area contributed by atoms with Crippen LogP contribution in [0, 0.1) is 0 Å². The van der Waals surface area contributed by atoms with Crippen molar-refractivity contribution in [2.75, 3.05) is 25.6 Å². The Bertz CT molecular complexity index is 381. The highest BCUT2D eigenvalue weighted by molar-refractivity contribution is 9.10. The smallest absolute Gasteiger partial charge is 0.240 e. The van der Waals surface area contributed by atoms with Gasteiger partial charge in [0.05, 0.1) is 10.7 Å². The Hall–Kier alpha value is -0.920. The van der Waals surface area contributed by atoms with Crippen molar-refractivity contribution in [3.63, 3.8) is 0 Å². The molecule has 0 unspecified atom stereocenters. The number of anilines is 1. The summed E-state index contributed by atoms with van der Waals surface area (Å²) in [6.07, 6.45) is 3.87. The molecular weight excluding hydrogens is 286 g/mol. The molecule has 0 spiro atoms. The summed E-state index contributed by atoms with van der Waals surface area (Å²) in [5, 5.41) is 0. The molecule has 0 aromatic carbocycles. The van der Waals surface area contributed by atoms with Gasteiger partial charge in [-0.3, -0.25) is 5.43 Å². The van der Waals surface area contributed by atoms with Crippen LogP contribution < -0.4 is 16.0 Å². The Kier molecular flexibility index (Phi) is 4.14. The van der Waals surface area contributed by atoms with Crippen molar-refractivity contribution >= 4 is 21.9 Å². The standard InChI is InChI=1S/C10H16BrN5O/c1-16-4-2-7(3-5-16)17-9-8(11)6-13-10(14-9)15-12/h6-7H,2-5,12H2,1H3,(H,13,14,15). The van der Waals surface area contributed by atoms with E-state index in [1.807, 2.05) is 0 Å². The molecule has 0 radical (unpaired) electrons. The van der Waals surface area contributed by atoms with Gasteiger partial charge in [-0.15, -0.1) is 0 Å². The fraction of sp³-hybridized carbons (Fsp3) is 0.600. The maximum Gasteiger partial charge on any atom is 0.240 e. The van der Waals surface area contributed by atoms with Crippen molar-refractivity contribution in [2.24, 2.45) is 5.84 Å². The first kappa shape index (κ1) is 12.5. The molecule has 0 aliphatic carbocycles. The highest BCUT2D eigenvalue weighted by Crippen LogP contribution is 2.25. The molecule has 1 saturated heterocycles. The van der Waals surface area contributed by atoms with Crippen molar-refractivity contribution in [1.82, 2.24) is 14.9 Å². The Morgan fingerprint density at radius 1 is 1.53 bits per heavy atom. The van der Waals surface area contributed by atoms with Crippen LogP contribution in [0.1, 0.15) is 12.8 Å². The second-order valence-corrected chi connectivity index (χ2v) is 4.97.